The number of aromatic nitrogens is 1. The number of hydrazone groups is 1. The van der Waals surface area contributed by atoms with Crippen molar-refractivity contribution in [3.63, 3.8) is 0 Å². The van der Waals surface area contributed by atoms with Gasteiger partial charge in [-0.1, -0.05) is 48.5 Å². The molecule has 0 atom stereocenters. The van der Waals surface area contributed by atoms with Crippen molar-refractivity contribution >= 4 is 22.8 Å². The van der Waals surface area contributed by atoms with Gasteiger partial charge in [0.15, 0.2) is 11.5 Å². The van der Waals surface area contributed by atoms with Crippen molar-refractivity contribution in [1.82, 2.24) is 4.98 Å². The van der Waals surface area contributed by atoms with E-state index in [0.717, 1.165) is 39.7 Å². The zero-order valence-electron chi connectivity index (χ0n) is 20.3. The van der Waals surface area contributed by atoms with Gasteiger partial charge in [-0.05, 0) is 59.5 Å². The maximum absolute atomic E-state index is 12.7. The normalized spacial score (nSPS) is 11.6. The Morgan fingerprint density at radius 1 is 1.00 bits per heavy atom. The summed E-state index contributed by atoms with van der Waals surface area (Å²) in [6, 6.07) is 20.1. The third kappa shape index (κ3) is 6.46. The number of allylic oxidation sites excluding steroid dienone is 1. The lowest BCUT2D eigenvalue weighted by Gasteiger charge is -2.17. The minimum atomic E-state index is -4.44. The van der Waals surface area contributed by atoms with E-state index in [2.05, 4.69) is 40.3 Å². The minimum Gasteiger partial charge on any atom is -0.490 e. The Morgan fingerprint density at radius 3 is 2.54 bits per heavy atom. The molecule has 0 radical (unpaired) electrons. The van der Waals surface area contributed by atoms with E-state index in [-0.39, 0.29) is 5.82 Å². The van der Waals surface area contributed by atoms with Crippen LogP contribution < -0.4 is 14.9 Å². The first-order chi connectivity index (χ1) is 17.9. The van der Waals surface area contributed by atoms with Crippen LogP contribution in [0.4, 0.5) is 19.0 Å². The van der Waals surface area contributed by atoms with Crippen LogP contribution in [0.1, 0.15) is 29.2 Å². The molecule has 3 aromatic carbocycles. The van der Waals surface area contributed by atoms with E-state index in [1.54, 1.807) is 18.4 Å². The summed E-state index contributed by atoms with van der Waals surface area (Å²) in [7, 11) is 0. The Labute approximate surface area is 213 Å². The fourth-order valence-corrected chi connectivity index (χ4v) is 3.86. The molecule has 0 spiro atoms. The van der Waals surface area contributed by atoms with E-state index in [4.69, 9.17) is 9.47 Å². The summed E-state index contributed by atoms with van der Waals surface area (Å²) in [5.74, 6) is 1.39. The lowest BCUT2D eigenvalue weighted by molar-refractivity contribution is -0.137. The first-order valence-corrected chi connectivity index (χ1v) is 11.7. The predicted octanol–water partition coefficient (Wildman–Crippen LogP) is 7.41. The van der Waals surface area contributed by atoms with Gasteiger partial charge in [0.2, 0.25) is 0 Å². The van der Waals surface area contributed by atoms with E-state index < -0.39 is 11.7 Å². The van der Waals surface area contributed by atoms with E-state index >= 15 is 0 Å². The molecule has 0 fully saturated rings. The van der Waals surface area contributed by atoms with Gasteiger partial charge in [-0.3, -0.25) is 5.43 Å². The first kappa shape index (κ1) is 25.8. The zero-order valence-corrected chi connectivity index (χ0v) is 20.3. The van der Waals surface area contributed by atoms with Gasteiger partial charge in [-0.15, -0.1) is 6.58 Å². The van der Waals surface area contributed by atoms with Gasteiger partial charge in [-0.2, -0.15) is 18.3 Å². The molecule has 5 nitrogen and oxygen atoms in total. The summed E-state index contributed by atoms with van der Waals surface area (Å²) in [6.45, 7) is 6.54. The molecular formula is C29H26F3N3O2. The molecule has 0 amide bonds. The third-order valence-corrected chi connectivity index (χ3v) is 5.55. The summed E-state index contributed by atoms with van der Waals surface area (Å²) in [6.07, 6.45) is 0.184. The largest absolute Gasteiger partial charge is 0.490 e. The number of benzene rings is 3. The van der Waals surface area contributed by atoms with Crippen LogP contribution in [0.15, 0.2) is 90.7 Å². The SMILES string of the molecule is C=CCc1cc(/C=N\Nc2ccc(C(F)(F)F)cn2)cc(OCC)c1OCc1cccc2ccccc12. The van der Waals surface area contributed by atoms with Crippen molar-refractivity contribution in [3.05, 3.63) is 108 Å². The summed E-state index contributed by atoms with van der Waals surface area (Å²) < 4.78 is 50.4. The highest BCUT2D eigenvalue weighted by Crippen LogP contribution is 2.35. The maximum atomic E-state index is 12.7. The average Bonchev–Trinajstić information content (AvgIpc) is 2.88. The highest BCUT2D eigenvalue weighted by molar-refractivity contribution is 5.85. The van der Waals surface area contributed by atoms with Crippen LogP contribution in [0.5, 0.6) is 11.5 Å². The van der Waals surface area contributed by atoms with Crippen molar-refractivity contribution in [2.75, 3.05) is 12.0 Å². The molecule has 37 heavy (non-hydrogen) atoms. The number of rotatable bonds is 10. The third-order valence-electron chi connectivity index (χ3n) is 5.55. The number of alkyl halides is 3. The van der Waals surface area contributed by atoms with Crippen LogP contribution in [0, 0.1) is 0 Å². The molecular weight excluding hydrogens is 479 g/mol. The van der Waals surface area contributed by atoms with Crippen LogP contribution in [0.2, 0.25) is 0 Å². The summed E-state index contributed by atoms with van der Waals surface area (Å²) in [5.41, 5.74) is 4.48. The van der Waals surface area contributed by atoms with E-state index in [0.29, 0.717) is 31.1 Å². The van der Waals surface area contributed by atoms with Crippen LogP contribution >= 0.6 is 0 Å². The lowest BCUT2D eigenvalue weighted by atomic mass is 10.0. The molecule has 1 N–H and O–H groups in total. The average molecular weight is 506 g/mol. The molecule has 0 aliphatic rings. The second kappa shape index (κ2) is 11.6. The monoisotopic (exact) mass is 505 g/mol. The minimum absolute atomic E-state index is 0.190. The van der Waals surface area contributed by atoms with Gasteiger partial charge in [0.1, 0.15) is 12.4 Å². The number of fused-ring (bicyclic) bond motifs is 1. The Bertz CT molecular complexity index is 1390. The molecule has 0 aliphatic carbocycles. The molecule has 4 rings (SSSR count). The summed E-state index contributed by atoms with van der Waals surface area (Å²) in [5, 5.41) is 6.39. The van der Waals surface area contributed by atoms with E-state index in [1.165, 1.54) is 6.07 Å². The van der Waals surface area contributed by atoms with Crippen LogP contribution in [0.3, 0.4) is 0 Å². The second-order valence-corrected chi connectivity index (χ2v) is 8.16. The van der Waals surface area contributed by atoms with E-state index in [1.807, 2.05) is 37.3 Å². The predicted molar refractivity (Wildman–Crippen MR) is 140 cm³/mol. The van der Waals surface area contributed by atoms with Gasteiger partial charge >= 0.3 is 6.18 Å². The fraction of sp³-hybridized carbons (Fsp3) is 0.172. The highest BCUT2D eigenvalue weighted by Gasteiger charge is 2.30. The Kier molecular flexibility index (Phi) is 8.08. The lowest BCUT2D eigenvalue weighted by Crippen LogP contribution is -2.06. The van der Waals surface area contributed by atoms with Gasteiger partial charge in [-0.25, -0.2) is 4.98 Å². The van der Waals surface area contributed by atoms with Gasteiger partial charge in [0, 0.05) is 11.8 Å². The van der Waals surface area contributed by atoms with Crippen LogP contribution in [0.25, 0.3) is 10.8 Å². The number of nitrogens with one attached hydrogen (secondary N) is 1. The fourth-order valence-electron chi connectivity index (χ4n) is 3.86. The van der Waals surface area contributed by atoms with Gasteiger partial charge in [0.05, 0.1) is 18.4 Å². The Morgan fingerprint density at radius 2 is 1.81 bits per heavy atom. The van der Waals surface area contributed by atoms with Crippen LogP contribution in [-0.2, 0) is 19.2 Å². The Hall–Kier alpha value is -4.33. The van der Waals surface area contributed by atoms with E-state index in [9.17, 15) is 13.2 Å². The summed E-state index contributed by atoms with van der Waals surface area (Å²) in [4.78, 5) is 3.76. The smallest absolute Gasteiger partial charge is 0.417 e. The number of ether oxygens (including phenoxy) is 2. The van der Waals surface area contributed by atoms with Crippen molar-refractivity contribution in [2.24, 2.45) is 5.10 Å². The number of anilines is 1. The van der Waals surface area contributed by atoms with Crippen molar-refractivity contribution in [2.45, 2.75) is 26.1 Å². The molecule has 0 saturated heterocycles. The molecule has 4 aromatic rings. The molecule has 0 unspecified atom stereocenters. The topological polar surface area (TPSA) is 55.7 Å². The zero-order chi connectivity index (χ0) is 26.3. The molecule has 1 aromatic heterocycles. The standard InChI is InChI=1S/C29H26F3N3O2/c1-3-8-22-15-20(17-34-35-27-14-13-24(18-33-27)29(30,31)32)16-26(36-4-2)28(22)37-19-23-11-7-10-21-9-5-6-12-25(21)23/h3,5-7,9-18H,1,4,8,19H2,2H3,(H,33,35)/b34-17-. The number of hydrogen-bond donors (Lipinski definition) is 1. The number of halogens is 3. The number of nitrogens with zero attached hydrogens (tertiary/aromatic N) is 2. The molecule has 0 aliphatic heterocycles. The van der Waals surface area contributed by atoms with Crippen molar-refractivity contribution < 1.29 is 22.6 Å². The quantitative estimate of drug-likeness (QED) is 0.139. The Balaban J connectivity index is 1.56. The molecule has 0 bridgehead atoms. The molecule has 0 saturated carbocycles. The molecule has 190 valence electrons. The molecule has 8 heteroatoms. The second-order valence-electron chi connectivity index (χ2n) is 8.16. The number of pyridine rings is 1. The van der Waals surface area contributed by atoms with Crippen molar-refractivity contribution in [3.8, 4) is 11.5 Å². The van der Waals surface area contributed by atoms with Gasteiger partial charge in [0.25, 0.3) is 0 Å². The first-order valence-electron chi connectivity index (χ1n) is 11.7. The maximum Gasteiger partial charge on any atom is 0.417 e. The van der Waals surface area contributed by atoms with Crippen molar-refractivity contribution in [1.29, 1.82) is 0 Å². The highest BCUT2D eigenvalue weighted by atomic mass is 19.4. The summed E-state index contributed by atoms with van der Waals surface area (Å²) >= 11 is 0. The molecule has 1 heterocycles. The number of hydrogen-bond acceptors (Lipinski definition) is 5. The van der Waals surface area contributed by atoms with Gasteiger partial charge < -0.3 is 9.47 Å². The van der Waals surface area contributed by atoms with Crippen LogP contribution in [-0.4, -0.2) is 17.8 Å².